The smallest absolute Gasteiger partial charge is 0.257 e. The van der Waals surface area contributed by atoms with Gasteiger partial charge in [0.15, 0.2) is 0 Å². The molecule has 1 amide bonds. The van der Waals surface area contributed by atoms with Crippen molar-refractivity contribution >= 4 is 5.91 Å². The van der Waals surface area contributed by atoms with Gasteiger partial charge in [-0.15, -0.1) is 0 Å². The van der Waals surface area contributed by atoms with E-state index >= 15 is 0 Å². The molecule has 1 N–H and O–H groups in total. The van der Waals surface area contributed by atoms with Crippen LogP contribution in [0.25, 0.3) is 11.4 Å². The fraction of sp³-hybridized carbons (Fsp3) is 0.118. The van der Waals surface area contributed by atoms with Crippen molar-refractivity contribution in [1.82, 2.24) is 15.5 Å². The molecule has 2 aromatic carbocycles. The van der Waals surface area contributed by atoms with Crippen molar-refractivity contribution in [2.75, 3.05) is 0 Å². The maximum atomic E-state index is 13.6. The Morgan fingerprint density at radius 1 is 1.08 bits per heavy atom. The Kier molecular flexibility index (Phi) is 4.51. The first kappa shape index (κ1) is 16.7. The van der Waals surface area contributed by atoms with E-state index in [4.69, 9.17) is 4.52 Å². The average molecular weight is 347 g/mol. The standard InChI is InChI=1S/C17H12F3N3O2/c1-9(21-16(24)14-12(19)3-2-4-13(14)20)17-22-15(23-25-17)10-5-7-11(18)8-6-10/h2-9H,1H3,(H,21,24)/t9-/m0/s1. The summed E-state index contributed by atoms with van der Waals surface area (Å²) in [5.74, 6) is -3.04. The first-order valence-electron chi connectivity index (χ1n) is 7.30. The molecule has 0 aliphatic rings. The van der Waals surface area contributed by atoms with E-state index in [1.807, 2.05) is 0 Å². The number of rotatable bonds is 4. The lowest BCUT2D eigenvalue weighted by molar-refractivity contribution is 0.0924. The average Bonchev–Trinajstić information content (AvgIpc) is 3.05. The van der Waals surface area contributed by atoms with Crippen molar-refractivity contribution in [3.8, 4) is 11.4 Å². The lowest BCUT2D eigenvalue weighted by Crippen LogP contribution is -2.28. The minimum absolute atomic E-state index is 0.0458. The Balaban J connectivity index is 1.77. The molecule has 0 bridgehead atoms. The first-order chi connectivity index (χ1) is 12.0. The second-order valence-corrected chi connectivity index (χ2v) is 5.25. The molecule has 25 heavy (non-hydrogen) atoms. The number of nitrogens with one attached hydrogen (secondary N) is 1. The number of amides is 1. The van der Waals surface area contributed by atoms with Gasteiger partial charge in [-0.3, -0.25) is 4.79 Å². The van der Waals surface area contributed by atoms with E-state index in [1.165, 1.54) is 31.2 Å². The van der Waals surface area contributed by atoms with Crippen LogP contribution in [0.3, 0.4) is 0 Å². The van der Waals surface area contributed by atoms with Crippen molar-refractivity contribution in [2.24, 2.45) is 0 Å². The lowest BCUT2D eigenvalue weighted by Gasteiger charge is -2.10. The van der Waals surface area contributed by atoms with Crippen LogP contribution in [0.4, 0.5) is 13.2 Å². The Bertz CT molecular complexity index is 890. The third-order valence-corrected chi connectivity index (χ3v) is 3.45. The minimum atomic E-state index is -0.970. The summed E-state index contributed by atoms with van der Waals surface area (Å²) in [5.41, 5.74) is -0.164. The highest BCUT2D eigenvalue weighted by atomic mass is 19.1. The van der Waals surface area contributed by atoms with E-state index in [0.29, 0.717) is 5.56 Å². The van der Waals surface area contributed by atoms with Crippen LogP contribution in [0, 0.1) is 17.5 Å². The highest BCUT2D eigenvalue weighted by molar-refractivity contribution is 5.94. The van der Waals surface area contributed by atoms with E-state index in [0.717, 1.165) is 18.2 Å². The summed E-state index contributed by atoms with van der Waals surface area (Å²) in [6, 6.07) is 7.80. The molecule has 5 nitrogen and oxygen atoms in total. The highest BCUT2D eigenvalue weighted by Crippen LogP contribution is 2.20. The Hall–Kier alpha value is -3.16. The number of carbonyl (C=O) groups is 1. The van der Waals surface area contributed by atoms with Gasteiger partial charge < -0.3 is 9.84 Å². The van der Waals surface area contributed by atoms with E-state index in [-0.39, 0.29) is 11.7 Å². The molecule has 1 atom stereocenters. The molecule has 0 saturated heterocycles. The van der Waals surface area contributed by atoms with Crippen LogP contribution < -0.4 is 5.32 Å². The number of halogens is 3. The van der Waals surface area contributed by atoms with Gasteiger partial charge >= 0.3 is 0 Å². The van der Waals surface area contributed by atoms with Gasteiger partial charge in [-0.05, 0) is 43.3 Å². The molecule has 8 heteroatoms. The highest BCUT2D eigenvalue weighted by Gasteiger charge is 2.22. The normalized spacial score (nSPS) is 12.0. The lowest BCUT2D eigenvalue weighted by atomic mass is 10.1. The van der Waals surface area contributed by atoms with Gasteiger partial charge in [-0.1, -0.05) is 11.2 Å². The zero-order chi connectivity index (χ0) is 18.0. The molecule has 0 unspecified atom stereocenters. The van der Waals surface area contributed by atoms with Crippen LogP contribution in [0.15, 0.2) is 47.0 Å². The third-order valence-electron chi connectivity index (χ3n) is 3.45. The topological polar surface area (TPSA) is 68.0 Å². The predicted molar refractivity (Wildman–Crippen MR) is 81.9 cm³/mol. The number of carbonyl (C=O) groups excluding carboxylic acids is 1. The monoisotopic (exact) mass is 347 g/mol. The Morgan fingerprint density at radius 2 is 1.72 bits per heavy atom. The summed E-state index contributed by atoms with van der Waals surface area (Å²) >= 11 is 0. The second kappa shape index (κ2) is 6.76. The zero-order valence-corrected chi connectivity index (χ0v) is 13.0. The van der Waals surface area contributed by atoms with Crippen LogP contribution in [0.5, 0.6) is 0 Å². The van der Waals surface area contributed by atoms with Crippen molar-refractivity contribution in [1.29, 1.82) is 0 Å². The number of aromatic nitrogens is 2. The van der Waals surface area contributed by atoms with Crippen LogP contribution in [0.1, 0.15) is 29.2 Å². The SMILES string of the molecule is C[C@H](NC(=O)c1c(F)cccc1F)c1nc(-c2ccc(F)cc2)no1. The van der Waals surface area contributed by atoms with Gasteiger partial charge in [0.1, 0.15) is 29.1 Å². The molecule has 1 heterocycles. The van der Waals surface area contributed by atoms with Gasteiger partial charge in [-0.25, -0.2) is 13.2 Å². The Labute approximate surface area is 140 Å². The third kappa shape index (κ3) is 3.52. The summed E-state index contributed by atoms with van der Waals surface area (Å²) in [6.07, 6.45) is 0. The molecule has 1 aromatic heterocycles. The summed E-state index contributed by atoms with van der Waals surface area (Å²) in [5, 5.41) is 6.14. The summed E-state index contributed by atoms with van der Waals surface area (Å²) in [7, 11) is 0. The van der Waals surface area contributed by atoms with Crippen LogP contribution >= 0.6 is 0 Å². The van der Waals surface area contributed by atoms with Gasteiger partial charge in [0.2, 0.25) is 11.7 Å². The first-order valence-corrected chi connectivity index (χ1v) is 7.30. The van der Waals surface area contributed by atoms with Crippen LogP contribution in [-0.4, -0.2) is 16.0 Å². The molecule has 128 valence electrons. The van der Waals surface area contributed by atoms with Crippen LogP contribution in [0.2, 0.25) is 0 Å². The van der Waals surface area contributed by atoms with Crippen LogP contribution in [-0.2, 0) is 0 Å². The van der Waals surface area contributed by atoms with Crippen molar-refractivity contribution < 1.29 is 22.5 Å². The molecule has 0 aliphatic carbocycles. The van der Waals surface area contributed by atoms with Gasteiger partial charge in [-0.2, -0.15) is 4.98 Å². The molecule has 0 saturated carbocycles. The summed E-state index contributed by atoms with van der Waals surface area (Å²) < 4.78 is 45.2. The fourth-order valence-corrected chi connectivity index (χ4v) is 2.17. The van der Waals surface area contributed by atoms with Gasteiger partial charge in [0.05, 0.1) is 0 Å². The quantitative estimate of drug-likeness (QED) is 0.782. The van der Waals surface area contributed by atoms with Gasteiger partial charge in [0, 0.05) is 5.56 Å². The number of benzene rings is 2. The number of nitrogens with zero attached hydrogens (tertiary/aromatic N) is 2. The van der Waals surface area contributed by atoms with Gasteiger partial charge in [0.25, 0.3) is 5.91 Å². The molecular weight excluding hydrogens is 335 g/mol. The fourth-order valence-electron chi connectivity index (χ4n) is 2.17. The number of hydrogen-bond donors (Lipinski definition) is 1. The second-order valence-electron chi connectivity index (χ2n) is 5.25. The van der Waals surface area contributed by atoms with E-state index < -0.39 is 35.0 Å². The zero-order valence-electron chi connectivity index (χ0n) is 13.0. The predicted octanol–water partition coefficient (Wildman–Crippen LogP) is 3.64. The molecule has 0 radical (unpaired) electrons. The van der Waals surface area contributed by atoms with E-state index in [2.05, 4.69) is 15.5 Å². The van der Waals surface area contributed by atoms with Crippen molar-refractivity contribution in [2.45, 2.75) is 13.0 Å². The molecule has 0 fully saturated rings. The maximum absolute atomic E-state index is 13.6. The molecule has 0 aliphatic heterocycles. The maximum Gasteiger partial charge on any atom is 0.257 e. The molecule has 3 aromatic rings. The Morgan fingerprint density at radius 3 is 2.36 bits per heavy atom. The minimum Gasteiger partial charge on any atom is -0.340 e. The summed E-state index contributed by atoms with van der Waals surface area (Å²) in [4.78, 5) is 16.2. The molecular formula is C17H12F3N3O2. The van der Waals surface area contributed by atoms with Crippen molar-refractivity contribution in [3.05, 3.63) is 71.4 Å². The number of hydrogen-bond acceptors (Lipinski definition) is 4. The largest absolute Gasteiger partial charge is 0.340 e. The van der Waals surface area contributed by atoms with E-state index in [1.54, 1.807) is 0 Å². The molecule has 0 spiro atoms. The van der Waals surface area contributed by atoms with Crippen molar-refractivity contribution in [3.63, 3.8) is 0 Å². The summed E-state index contributed by atoms with van der Waals surface area (Å²) in [6.45, 7) is 1.53. The van der Waals surface area contributed by atoms with E-state index in [9.17, 15) is 18.0 Å². The molecule has 3 rings (SSSR count).